The van der Waals surface area contributed by atoms with Gasteiger partial charge in [0.1, 0.15) is 0 Å². The Hall–Kier alpha value is -1.00. The van der Waals surface area contributed by atoms with E-state index in [0.29, 0.717) is 6.04 Å². The zero-order valence-corrected chi connectivity index (χ0v) is 13.3. The van der Waals surface area contributed by atoms with Crippen LogP contribution in [-0.4, -0.2) is 29.8 Å². The van der Waals surface area contributed by atoms with Crippen LogP contribution in [0.3, 0.4) is 0 Å². The van der Waals surface area contributed by atoms with E-state index in [0.717, 1.165) is 38.8 Å². The molecule has 0 spiro atoms. The topological polar surface area (TPSA) is 41.1 Å². The van der Waals surface area contributed by atoms with Gasteiger partial charge in [-0.3, -0.25) is 4.79 Å². The summed E-state index contributed by atoms with van der Waals surface area (Å²) in [4.78, 5) is 14.0. The van der Waals surface area contributed by atoms with E-state index in [9.17, 15) is 4.79 Å². The van der Waals surface area contributed by atoms with Crippen LogP contribution in [0.15, 0.2) is 35.2 Å². The molecular formula is C17H24N2OS. The standard InChI is InChI=1S/C17H24N2OS/c20-16(19-13-14-7-6-12-18-14)17(10-4-5-11-17)21-15-8-2-1-3-9-15/h1-3,8-9,14,18H,4-7,10-13H2,(H,19,20). The third kappa shape index (κ3) is 3.61. The van der Waals surface area contributed by atoms with Crippen LogP contribution in [-0.2, 0) is 4.79 Å². The lowest BCUT2D eigenvalue weighted by molar-refractivity contribution is -0.123. The van der Waals surface area contributed by atoms with Crippen molar-refractivity contribution in [3.8, 4) is 0 Å². The van der Waals surface area contributed by atoms with Gasteiger partial charge in [-0.25, -0.2) is 0 Å². The summed E-state index contributed by atoms with van der Waals surface area (Å²) in [6.07, 6.45) is 6.72. The Morgan fingerprint density at radius 2 is 2.00 bits per heavy atom. The fraction of sp³-hybridized carbons (Fsp3) is 0.588. The highest BCUT2D eigenvalue weighted by atomic mass is 32.2. The van der Waals surface area contributed by atoms with Crippen LogP contribution in [0.2, 0.25) is 0 Å². The Labute approximate surface area is 131 Å². The number of carbonyl (C=O) groups is 1. The molecule has 1 aliphatic heterocycles. The number of hydrogen-bond donors (Lipinski definition) is 2. The average Bonchev–Trinajstić information content (AvgIpc) is 3.18. The average molecular weight is 304 g/mol. The molecule has 0 radical (unpaired) electrons. The molecule has 4 heteroatoms. The van der Waals surface area contributed by atoms with Crippen LogP contribution in [0.5, 0.6) is 0 Å². The number of thioether (sulfide) groups is 1. The molecule has 1 saturated carbocycles. The lowest BCUT2D eigenvalue weighted by atomic mass is 10.1. The molecular weight excluding hydrogens is 280 g/mol. The van der Waals surface area contributed by atoms with E-state index < -0.39 is 0 Å². The summed E-state index contributed by atoms with van der Waals surface area (Å²) in [5.41, 5.74) is 0. The van der Waals surface area contributed by atoms with E-state index in [4.69, 9.17) is 0 Å². The Morgan fingerprint density at radius 3 is 2.67 bits per heavy atom. The normalized spacial score (nSPS) is 24.1. The van der Waals surface area contributed by atoms with Gasteiger partial charge in [0.2, 0.25) is 5.91 Å². The molecule has 0 bridgehead atoms. The quantitative estimate of drug-likeness (QED) is 0.879. The largest absolute Gasteiger partial charge is 0.353 e. The number of rotatable bonds is 5. The van der Waals surface area contributed by atoms with Crippen molar-refractivity contribution < 1.29 is 4.79 Å². The molecule has 1 atom stereocenters. The summed E-state index contributed by atoms with van der Waals surface area (Å²) >= 11 is 1.76. The maximum Gasteiger partial charge on any atom is 0.236 e. The smallest absolute Gasteiger partial charge is 0.236 e. The van der Waals surface area contributed by atoms with Gasteiger partial charge in [0.25, 0.3) is 0 Å². The Kier molecular flexibility index (Phi) is 4.86. The van der Waals surface area contributed by atoms with E-state index in [1.807, 2.05) is 18.2 Å². The fourth-order valence-corrected chi connectivity index (χ4v) is 4.75. The maximum atomic E-state index is 12.8. The van der Waals surface area contributed by atoms with Crippen LogP contribution in [0, 0.1) is 0 Å². The first-order chi connectivity index (χ1) is 10.3. The van der Waals surface area contributed by atoms with Crippen molar-refractivity contribution in [2.45, 2.75) is 54.2 Å². The molecule has 1 saturated heterocycles. The zero-order valence-electron chi connectivity index (χ0n) is 12.4. The lowest BCUT2D eigenvalue weighted by Crippen LogP contribution is -2.46. The minimum atomic E-state index is -0.250. The van der Waals surface area contributed by atoms with Crippen molar-refractivity contribution >= 4 is 17.7 Å². The van der Waals surface area contributed by atoms with Gasteiger partial charge in [-0.05, 0) is 44.4 Å². The summed E-state index contributed by atoms with van der Waals surface area (Å²) in [5.74, 6) is 0.238. The third-order valence-electron chi connectivity index (χ3n) is 4.55. The molecule has 21 heavy (non-hydrogen) atoms. The van der Waals surface area contributed by atoms with Gasteiger partial charge in [0, 0.05) is 17.5 Å². The molecule has 1 heterocycles. The van der Waals surface area contributed by atoms with Gasteiger partial charge in [-0.1, -0.05) is 31.0 Å². The minimum Gasteiger partial charge on any atom is -0.353 e. The number of carbonyl (C=O) groups excluding carboxylic acids is 1. The van der Waals surface area contributed by atoms with Crippen molar-refractivity contribution in [2.75, 3.05) is 13.1 Å². The van der Waals surface area contributed by atoms with Crippen molar-refractivity contribution in [3.63, 3.8) is 0 Å². The third-order valence-corrected chi connectivity index (χ3v) is 6.05. The van der Waals surface area contributed by atoms with E-state index >= 15 is 0 Å². The molecule has 2 N–H and O–H groups in total. The number of nitrogens with one attached hydrogen (secondary N) is 2. The van der Waals surface area contributed by atoms with Crippen LogP contribution in [0.4, 0.5) is 0 Å². The van der Waals surface area contributed by atoms with Crippen molar-refractivity contribution in [1.82, 2.24) is 10.6 Å². The van der Waals surface area contributed by atoms with Gasteiger partial charge in [-0.2, -0.15) is 0 Å². The molecule has 0 aromatic heterocycles. The Balaban J connectivity index is 1.63. The minimum absolute atomic E-state index is 0.238. The molecule has 3 rings (SSSR count). The second-order valence-electron chi connectivity index (χ2n) is 6.12. The maximum absolute atomic E-state index is 12.8. The van der Waals surface area contributed by atoms with Gasteiger partial charge < -0.3 is 10.6 Å². The number of benzene rings is 1. The molecule has 1 amide bonds. The molecule has 114 valence electrons. The van der Waals surface area contributed by atoms with Gasteiger partial charge in [0.15, 0.2) is 0 Å². The van der Waals surface area contributed by atoms with E-state index in [-0.39, 0.29) is 10.7 Å². The van der Waals surface area contributed by atoms with Crippen LogP contribution >= 0.6 is 11.8 Å². The first kappa shape index (κ1) is 14.9. The summed E-state index contributed by atoms with van der Waals surface area (Å²) in [7, 11) is 0. The molecule has 1 aromatic rings. The number of hydrogen-bond acceptors (Lipinski definition) is 3. The second-order valence-corrected chi connectivity index (χ2v) is 7.58. The van der Waals surface area contributed by atoms with Crippen molar-refractivity contribution in [2.24, 2.45) is 0 Å². The monoisotopic (exact) mass is 304 g/mol. The summed E-state index contributed by atoms with van der Waals surface area (Å²) in [6, 6.07) is 10.8. The molecule has 2 fully saturated rings. The molecule has 1 aromatic carbocycles. The van der Waals surface area contributed by atoms with Gasteiger partial charge in [-0.15, -0.1) is 11.8 Å². The van der Waals surface area contributed by atoms with Crippen LogP contribution in [0.25, 0.3) is 0 Å². The second kappa shape index (κ2) is 6.84. The fourth-order valence-electron chi connectivity index (χ4n) is 3.34. The molecule has 1 aliphatic carbocycles. The van der Waals surface area contributed by atoms with E-state index in [2.05, 4.69) is 22.8 Å². The highest BCUT2D eigenvalue weighted by molar-refractivity contribution is 8.01. The van der Waals surface area contributed by atoms with E-state index in [1.165, 1.54) is 17.7 Å². The van der Waals surface area contributed by atoms with Crippen LogP contribution in [0.1, 0.15) is 38.5 Å². The first-order valence-corrected chi connectivity index (χ1v) is 8.86. The van der Waals surface area contributed by atoms with Crippen LogP contribution < -0.4 is 10.6 Å². The molecule has 3 nitrogen and oxygen atoms in total. The Bertz CT molecular complexity index is 465. The van der Waals surface area contributed by atoms with Gasteiger partial charge in [0.05, 0.1) is 4.75 Å². The predicted molar refractivity (Wildman–Crippen MR) is 87.5 cm³/mol. The zero-order chi connectivity index (χ0) is 14.5. The molecule has 1 unspecified atom stereocenters. The number of amides is 1. The van der Waals surface area contributed by atoms with Gasteiger partial charge >= 0.3 is 0 Å². The summed E-state index contributed by atoms with van der Waals surface area (Å²) in [5, 5.41) is 6.65. The summed E-state index contributed by atoms with van der Waals surface area (Å²) in [6.45, 7) is 1.86. The predicted octanol–water partition coefficient (Wildman–Crippen LogP) is 2.96. The first-order valence-electron chi connectivity index (χ1n) is 8.04. The highest BCUT2D eigenvalue weighted by Gasteiger charge is 2.42. The Morgan fingerprint density at radius 1 is 1.24 bits per heavy atom. The SMILES string of the molecule is O=C(NCC1CCCN1)C1(Sc2ccccc2)CCCC1. The highest BCUT2D eigenvalue weighted by Crippen LogP contribution is 2.45. The van der Waals surface area contributed by atoms with Crippen molar-refractivity contribution in [3.05, 3.63) is 30.3 Å². The molecule has 2 aliphatic rings. The lowest BCUT2D eigenvalue weighted by Gasteiger charge is -2.28. The van der Waals surface area contributed by atoms with Crippen molar-refractivity contribution in [1.29, 1.82) is 0 Å². The van der Waals surface area contributed by atoms with E-state index in [1.54, 1.807) is 11.8 Å². The summed E-state index contributed by atoms with van der Waals surface area (Å²) < 4.78 is -0.250.